The molecule has 1 amide bonds. The molecule has 9 heteroatoms. The summed E-state index contributed by atoms with van der Waals surface area (Å²) < 4.78 is 29.9. The van der Waals surface area contributed by atoms with Gasteiger partial charge < -0.3 is 23.9 Å². The maximum atomic E-state index is 13.5. The predicted octanol–water partition coefficient (Wildman–Crippen LogP) is 3.58. The van der Waals surface area contributed by atoms with Crippen molar-refractivity contribution in [3.8, 4) is 17.1 Å². The number of aromatic nitrogens is 3. The van der Waals surface area contributed by atoms with E-state index in [1.807, 2.05) is 24.3 Å². The van der Waals surface area contributed by atoms with Gasteiger partial charge in [-0.2, -0.15) is 4.98 Å². The summed E-state index contributed by atoms with van der Waals surface area (Å²) in [7, 11) is 1.59. The Labute approximate surface area is 176 Å². The van der Waals surface area contributed by atoms with Crippen LogP contribution in [-0.2, 0) is 4.74 Å². The lowest BCUT2D eigenvalue weighted by atomic mass is 10.2. The molecule has 4 aromatic rings. The number of rotatable bonds is 4. The number of morpholine rings is 1. The fourth-order valence-electron chi connectivity index (χ4n) is 3.62. The summed E-state index contributed by atoms with van der Waals surface area (Å²) in [6.45, 7) is 1.03. The van der Waals surface area contributed by atoms with Crippen LogP contribution in [0, 0.1) is 5.82 Å². The number of carbonyl (C=O) groups excluding carboxylic acids is 1. The van der Waals surface area contributed by atoms with Crippen LogP contribution in [0.5, 0.6) is 5.75 Å². The molecule has 1 N–H and O–H groups in total. The Morgan fingerprint density at radius 2 is 2.16 bits per heavy atom. The number of methoxy groups -OCH3 is 1. The van der Waals surface area contributed by atoms with Gasteiger partial charge >= 0.3 is 0 Å². The Morgan fingerprint density at radius 1 is 1.26 bits per heavy atom. The van der Waals surface area contributed by atoms with E-state index in [0.717, 1.165) is 5.56 Å². The maximum Gasteiger partial charge on any atom is 0.270 e. The van der Waals surface area contributed by atoms with E-state index in [2.05, 4.69) is 15.1 Å². The third-order valence-corrected chi connectivity index (χ3v) is 5.21. The number of hydrogen-bond acceptors (Lipinski definition) is 6. The fourth-order valence-corrected chi connectivity index (χ4v) is 3.62. The zero-order valence-corrected chi connectivity index (χ0v) is 16.7. The number of nitrogens with one attached hydrogen (secondary N) is 1. The van der Waals surface area contributed by atoms with Gasteiger partial charge in [0.25, 0.3) is 11.8 Å². The number of carbonyl (C=O) groups is 1. The average molecular weight is 422 g/mol. The lowest BCUT2D eigenvalue weighted by Crippen LogP contribution is -2.42. The Kier molecular flexibility index (Phi) is 4.87. The number of aromatic amines is 1. The van der Waals surface area contributed by atoms with E-state index in [-0.39, 0.29) is 18.3 Å². The molecular formula is C22H19FN4O4. The van der Waals surface area contributed by atoms with Gasteiger partial charge in [-0.05, 0) is 36.4 Å². The van der Waals surface area contributed by atoms with Crippen molar-refractivity contribution in [2.45, 2.75) is 6.10 Å². The van der Waals surface area contributed by atoms with Gasteiger partial charge in [0.2, 0.25) is 5.82 Å². The summed E-state index contributed by atoms with van der Waals surface area (Å²) in [5.41, 5.74) is 1.85. The molecule has 1 fully saturated rings. The van der Waals surface area contributed by atoms with Crippen molar-refractivity contribution in [1.82, 2.24) is 20.0 Å². The third kappa shape index (κ3) is 3.75. The maximum absolute atomic E-state index is 13.5. The number of benzene rings is 2. The summed E-state index contributed by atoms with van der Waals surface area (Å²) in [6.07, 6.45) is -0.536. The summed E-state index contributed by atoms with van der Waals surface area (Å²) in [5, 5.41) is 4.68. The van der Waals surface area contributed by atoms with E-state index in [1.54, 1.807) is 24.1 Å². The molecule has 0 bridgehead atoms. The number of fused-ring (bicyclic) bond motifs is 1. The highest BCUT2D eigenvalue weighted by molar-refractivity contribution is 5.98. The summed E-state index contributed by atoms with van der Waals surface area (Å²) in [5.74, 6) is 0.859. The minimum absolute atomic E-state index is 0.197. The highest BCUT2D eigenvalue weighted by Gasteiger charge is 2.30. The monoisotopic (exact) mass is 422 g/mol. The standard InChI is InChI=1S/C22H19FN4O4/c1-29-16-4-2-3-13(10-16)20-25-21(31-26-20)19-12-27(7-8-30-19)22(28)18-11-14-9-15(23)5-6-17(14)24-18/h2-6,9-11,19,24H,7-8,12H2,1H3/t19-/m0/s1. The van der Waals surface area contributed by atoms with Crippen molar-refractivity contribution < 1.29 is 23.2 Å². The largest absolute Gasteiger partial charge is 0.497 e. The van der Waals surface area contributed by atoms with Crippen molar-refractivity contribution in [3.05, 3.63) is 65.9 Å². The lowest BCUT2D eigenvalue weighted by molar-refractivity contribution is -0.0368. The van der Waals surface area contributed by atoms with Crippen LogP contribution in [0.2, 0.25) is 0 Å². The van der Waals surface area contributed by atoms with E-state index in [4.69, 9.17) is 14.0 Å². The number of hydrogen-bond donors (Lipinski definition) is 1. The topological polar surface area (TPSA) is 93.5 Å². The first-order chi connectivity index (χ1) is 15.1. The zero-order valence-electron chi connectivity index (χ0n) is 16.7. The highest BCUT2D eigenvalue weighted by Crippen LogP contribution is 2.27. The van der Waals surface area contributed by atoms with Gasteiger partial charge in [-0.3, -0.25) is 4.79 Å². The van der Waals surface area contributed by atoms with E-state index in [0.29, 0.717) is 47.2 Å². The molecule has 1 atom stereocenters. The zero-order chi connectivity index (χ0) is 21.4. The number of ether oxygens (including phenoxy) is 2. The Bertz CT molecular complexity index is 1250. The van der Waals surface area contributed by atoms with Crippen molar-refractivity contribution in [1.29, 1.82) is 0 Å². The molecule has 2 aromatic heterocycles. The van der Waals surface area contributed by atoms with E-state index < -0.39 is 6.10 Å². The third-order valence-electron chi connectivity index (χ3n) is 5.21. The molecule has 1 saturated heterocycles. The van der Waals surface area contributed by atoms with Crippen LogP contribution >= 0.6 is 0 Å². The smallest absolute Gasteiger partial charge is 0.270 e. The molecule has 0 radical (unpaired) electrons. The molecule has 1 aliphatic rings. The Balaban J connectivity index is 1.34. The highest BCUT2D eigenvalue weighted by atomic mass is 19.1. The van der Waals surface area contributed by atoms with Crippen LogP contribution in [0.4, 0.5) is 4.39 Å². The normalized spacial score (nSPS) is 16.6. The molecule has 3 heterocycles. The summed E-state index contributed by atoms with van der Waals surface area (Å²) in [4.78, 5) is 22.1. The Morgan fingerprint density at radius 3 is 3.03 bits per heavy atom. The van der Waals surface area contributed by atoms with Crippen molar-refractivity contribution in [2.75, 3.05) is 26.8 Å². The molecule has 0 aliphatic carbocycles. The first-order valence-corrected chi connectivity index (χ1v) is 9.78. The molecule has 158 valence electrons. The summed E-state index contributed by atoms with van der Waals surface area (Å²) >= 11 is 0. The number of H-pyrrole nitrogens is 1. The van der Waals surface area contributed by atoms with Crippen LogP contribution in [0.25, 0.3) is 22.3 Å². The minimum Gasteiger partial charge on any atom is -0.497 e. The van der Waals surface area contributed by atoms with Gasteiger partial charge in [-0.15, -0.1) is 0 Å². The van der Waals surface area contributed by atoms with Gasteiger partial charge in [-0.25, -0.2) is 4.39 Å². The predicted molar refractivity (Wildman–Crippen MR) is 109 cm³/mol. The van der Waals surface area contributed by atoms with E-state index in [1.165, 1.54) is 12.1 Å². The molecule has 31 heavy (non-hydrogen) atoms. The van der Waals surface area contributed by atoms with Crippen molar-refractivity contribution in [3.63, 3.8) is 0 Å². The molecule has 8 nitrogen and oxygen atoms in total. The molecule has 0 unspecified atom stereocenters. The average Bonchev–Trinajstić information content (AvgIpc) is 3.46. The quantitative estimate of drug-likeness (QED) is 0.540. The number of amides is 1. The van der Waals surface area contributed by atoms with Gasteiger partial charge in [0, 0.05) is 23.0 Å². The van der Waals surface area contributed by atoms with Gasteiger partial charge in [-0.1, -0.05) is 17.3 Å². The first-order valence-electron chi connectivity index (χ1n) is 9.78. The van der Waals surface area contributed by atoms with Crippen LogP contribution in [0.3, 0.4) is 0 Å². The van der Waals surface area contributed by atoms with Crippen LogP contribution in [0.15, 0.2) is 53.1 Å². The fraction of sp³-hybridized carbons (Fsp3) is 0.227. The van der Waals surface area contributed by atoms with Crippen molar-refractivity contribution >= 4 is 16.8 Å². The van der Waals surface area contributed by atoms with E-state index >= 15 is 0 Å². The van der Waals surface area contributed by atoms with Crippen LogP contribution in [-0.4, -0.2) is 52.7 Å². The number of halogens is 1. The minimum atomic E-state index is -0.536. The van der Waals surface area contributed by atoms with Gasteiger partial charge in [0.05, 0.1) is 20.3 Å². The molecule has 0 spiro atoms. The van der Waals surface area contributed by atoms with E-state index in [9.17, 15) is 9.18 Å². The van der Waals surface area contributed by atoms with Crippen molar-refractivity contribution in [2.24, 2.45) is 0 Å². The van der Waals surface area contributed by atoms with Gasteiger partial charge in [0.1, 0.15) is 17.3 Å². The lowest BCUT2D eigenvalue weighted by Gasteiger charge is -2.30. The van der Waals surface area contributed by atoms with Crippen LogP contribution < -0.4 is 4.74 Å². The number of nitrogens with zero attached hydrogens (tertiary/aromatic N) is 3. The molecular weight excluding hydrogens is 403 g/mol. The molecule has 1 aliphatic heterocycles. The van der Waals surface area contributed by atoms with Crippen LogP contribution in [0.1, 0.15) is 22.5 Å². The molecule has 5 rings (SSSR count). The second kappa shape index (κ2) is 7.84. The second-order valence-electron chi connectivity index (χ2n) is 7.21. The SMILES string of the molecule is COc1cccc(-c2noc([C@@H]3CN(C(=O)c4cc5cc(F)ccc5[nH]4)CCO3)n2)c1. The summed E-state index contributed by atoms with van der Waals surface area (Å²) in [6, 6.07) is 13.3. The molecule has 0 saturated carbocycles. The first kappa shape index (κ1) is 19.3. The van der Waals surface area contributed by atoms with Gasteiger partial charge in [0.15, 0.2) is 6.10 Å². The molecule has 2 aromatic carbocycles. The Hall–Kier alpha value is -3.72. The second-order valence-corrected chi connectivity index (χ2v) is 7.21.